The summed E-state index contributed by atoms with van der Waals surface area (Å²) in [6.45, 7) is 1.46. The van der Waals surface area contributed by atoms with E-state index in [0.717, 1.165) is 69.1 Å². The molecular weight excluding hydrogens is 632 g/mol. The molecule has 3 aliphatic carbocycles. The largest absolute Gasteiger partial charge is 0.504 e. The third-order valence-electron chi connectivity index (χ3n) is 11.1. The normalized spacial score (nSPS) is 22.4. The highest BCUT2D eigenvalue weighted by atomic mass is 16.5. The number of allylic oxidation sites excluding steroid dienone is 2. The molecule has 0 heterocycles. The molecule has 2 aromatic rings. The predicted molar refractivity (Wildman–Crippen MR) is 198 cm³/mol. The highest BCUT2D eigenvalue weighted by Crippen LogP contribution is 2.45. The summed E-state index contributed by atoms with van der Waals surface area (Å²) in [4.78, 5) is 17.7. The lowest BCUT2D eigenvalue weighted by molar-refractivity contribution is -0.123. The van der Waals surface area contributed by atoms with Crippen molar-refractivity contribution in [1.82, 2.24) is 5.32 Å². The fraction of sp³-hybridized carbons (Fsp3) is 0.600. The minimum Gasteiger partial charge on any atom is -0.504 e. The number of ether oxygens (including phenoxy) is 3. The minimum absolute atomic E-state index is 0.00333. The number of rotatable bonds is 17. The van der Waals surface area contributed by atoms with Crippen LogP contribution in [0.25, 0.3) is 0 Å². The molecule has 50 heavy (non-hydrogen) atoms. The number of carbonyl (C=O) groups is 1. The predicted octanol–water partition coefficient (Wildman–Crippen LogP) is 6.81. The molecule has 3 aliphatic rings. The number of anilines is 1. The average Bonchev–Trinajstić information content (AvgIpc) is 3.89. The average molecular weight is 691 g/mol. The van der Waals surface area contributed by atoms with Gasteiger partial charge in [-0.3, -0.25) is 9.79 Å². The number of aromatic hydroxyl groups is 2. The van der Waals surface area contributed by atoms with Gasteiger partial charge in [-0.15, -0.1) is 0 Å². The number of hydrogen-bond acceptors (Lipinski definition) is 8. The zero-order valence-corrected chi connectivity index (χ0v) is 30.3. The van der Waals surface area contributed by atoms with E-state index in [4.69, 9.17) is 19.9 Å². The quantitative estimate of drug-likeness (QED) is 0.0523. The van der Waals surface area contributed by atoms with E-state index in [1.807, 2.05) is 37.4 Å². The number of aliphatic imine (C=N–C) groups is 1. The van der Waals surface area contributed by atoms with Crippen molar-refractivity contribution >= 4 is 17.4 Å². The number of nitrogens with one attached hydrogen (secondary N) is 2. The third kappa shape index (κ3) is 9.51. The Bertz CT molecular complexity index is 1500. The van der Waals surface area contributed by atoms with Gasteiger partial charge in [0, 0.05) is 25.6 Å². The molecule has 6 N–H and O–H groups in total. The van der Waals surface area contributed by atoms with Crippen LogP contribution in [-0.4, -0.2) is 68.0 Å². The van der Waals surface area contributed by atoms with Gasteiger partial charge in [-0.1, -0.05) is 37.8 Å². The summed E-state index contributed by atoms with van der Waals surface area (Å²) >= 11 is 0. The number of carbonyl (C=O) groups excluding carboxylic acids is 1. The molecule has 0 aromatic heterocycles. The maximum absolute atomic E-state index is 13.7. The van der Waals surface area contributed by atoms with Crippen LogP contribution in [0.1, 0.15) is 94.6 Å². The number of likely N-dealkylation sites (N-methyl/N-ethyl adjacent to an activating group) is 1. The summed E-state index contributed by atoms with van der Waals surface area (Å²) in [5.74, 6) is 1.77. The van der Waals surface area contributed by atoms with Crippen LogP contribution >= 0.6 is 0 Å². The van der Waals surface area contributed by atoms with Crippen LogP contribution < -0.4 is 25.8 Å². The Balaban J connectivity index is 1.26. The lowest BCUT2D eigenvalue weighted by Crippen LogP contribution is -2.42. The van der Waals surface area contributed by atoms with Gasteiger partial charge in [-0.25, -0.2) is 0 Å². The molecule has 274 valence electrons. The molecule has 10 heteroatoms. The third-order valence-corrected chi connectivity index (χ3v) is 11.1. The molecule has 0 saturated heterocycles. The molecular formula is C40H58N4O6. The Labute approximate surface area is 297 Å². The molecule has 2 atom stereocenters. The highest BCUT2D eigenvalue weighted by molar-refractivity contribution is 5.95. The molecule has 10 nitrogen and oxygen atoms in total. The maximum Gasteiger partial charge on any atom is 0.192 e. The van der Waals surface area contributed by atoms with Gasteiger partial charge in [0.05, 0.1) is 18.9 Å². The van der Waals surface area contributed by atoms with E-state index in [1.54, 1.807) is 19.2 Å². The van der Waals surface area contributed by atoms with Gasteiger partial charge in [0.1, 0.15) is 5.60 Å². The first-order valence-corrected chi connectivity index (χ1v) is 18.6. The standard InChI is InChI=1S/C40H58N4O6/c1-42-27-40(20-16-28(26-40)17-21-49-31-11-5-6-12-31)50-35-23-29(22-32(37(35)47)44-38(41)43-2)10-4-7-13-36(46)39(18-8-9-19-39)25-30-14-15-33(45)34(24-30)48-3/h7,13-15,22-24,28,31,42,45,47H,4-6,8-12,16-21,25-27H2,1-3H3,(H3,41,43,44)/t28-,40+/m1/s1. The molecule has 0 bridgehead atoms. The molecule has 0 spiro atoms. The van der Waals surface area contributed by atoms with E-state index in [-0.39, 0.29) is 23.2 Å². The molecule has 0 unspecified atom stereocenters. The Morgan fingerprint density at radius 1 is 1.04 bits per heavy atom. The van der Waals surface area contributed by atoms with E-state index in [0.29, 0.717) is 55.0 Å². The topological polar surface area (TPSA) is 148 Å². The monoisotopic (exact) mass is 690 g/mol. The fourth-order valence-corrected chi connectivity index (χ4v) is 8.32. The second-order valence-electron chi connectivity index (χ2n) is 14.7. The summed E-state index contributed by atoms with van der Waals surface area (Å²) < 4.78 is 18.3. The van der Waals surface area contributed by atoms with Crippen LogP contribution in [0.15, 0.2) is 47.5 Å². The molecule has 3 saturated carbocycles. The van der Waals surface area contributed by atoms with Crippen molar-refractivity contribution < 1.29 is 29.2 Å². The van der Waals surface area contributed by atoms with Crippen molar-refractivity contribution in [3.8, 4) is 23.0 Å². The number of phenolic OH excluding ortho intramolecular Hbond substituents is 2. The summed E-state index contributed by atoms with van der Waals surface area (Å²) in [7, 11) is 5.06. The van der Waals surface area contributed by atoms with E-state index >= 15 is 0 Å². The van der Waals surface area contributed by atoms with Crippen molar-refractivity contribution in [2.24, 2.45) is 22.1 Å². The molecule has 0 amide bonds. The van der Waals surface area contributed by atoms with Crippen molar-refractivity contribution in [1.29, 1.82) is 0 Å². The van der Waals surface area contributed by atoms with Gasteiger partial charge in [-0.05, 0) is 125 Å². The highest BCUT2D eigenvalue weighted by Gasteiger charge is 2.42. The van der Waals surface area contributed by atoms with Gasteiger partial charge >= 0.3 is 0 Å². The SMILES string of the molecule is CN=C(N)Nc1cc(CCC=CC(=O)C2(Cc3ccc(O)c(OC)c3)CCCC2)cc(O[C@@]2(CNC)CC[C@H](CCOC3CCCC3)C2)c1O. The molecule has 0 aliphatic heterocycles. The van der Waals surface area contributed by atoms with Gasteiger partial charge < -0.3 is 40.8 Å². The zero-order valence-electron chi connectivity index (χ0n) is 30.3. The van der Waals surface area contributed by atoms with E-state index in [9.17, 15) is 15.0 Å². The Hall–Kier alpha value is -3.76. The van der Waals surface area contributed by atoms with E-state index in [2.05, 4.69) is 15.6 Å². The van der Waals surface area contributed by atoms with Crippen LogP contribution in [0.5, 0.6) is 23.0 Å². The first-order valence-electron chi connectivity index (χ1n) is 18.6. The van der Waals surface area contributed by atoms with Gasteiger partial charge in [0.15, 0.2) is 34.7 Å². The number of nitrogens with two attached hydrogens (primary N) is 1. The summed E-state index contributed by atoms with van der Waals surface area (Å²) in [5, 5.41) is 27.8. The number of nitrogens with zero attached hydrogens (tertiary/aromatic N) is 1. The van der Waals surface area contributed by atoms with Crippen molar-refractivity contribution in [2.75, 3.05) is 39.7 Å². The molecule has 0 radical (unpaired) electrons. The number of guanidine groups is 1. The second kappa shape index (κ2) is 17.4. The van der Waals surface area contributed by atoms with Crippen LogP contribution in [-0.2, 0) is 22.4 Å². The smallest absolute Gasteiger partial charge is 0.192 e. The van der Waals surface area contributed by atoms with Crippen LogP contribution in [0.3, 0.4) is 0 Å². The summed E-state index contributed by atoms with van der Waals surface area (Å²) in [6.07, 6.45) is 18.5. The lowest BCUT2D eigenvalue weighted by Gasteiger charge is -2.31. The summed E-state index contributed by atoms with van der Waals surface area (Å²) in [6, 6.07) is 9.12. The van der Waals surface area contributed by atoms with Gasteiger partial charge in [0.2, 0.25) is 0 Å². The first kappa shape index (κ1) is 37.5. The van der Waals surface area contributed by atoms with Crippen LogP contribution in [0.2, 0.25) is 0 Å². The number of ketones is 1. The second-order valence-corrected chi connectivity index (χ2v) is 14.7. The van der Waals surface area contributed by atoms with Crippen molar-refractivity contribution in [2.45, 2.75) is 108 Å². The van der Waals surface area contributed by atoms with Crippen LogP contribution in [0.4, 0.5) is 5.69 Å². The van der Waals surface area contributed by atoms with E-state index < -0.39 is 11.0 Å². The molecule has 2 aromatic carbocycles. The Morgan fingerprint density at radius 3 is 2.52 bits per heavy atom. The van der Waals surface area contributed by atoms with E-state index in [1.165, 1.54) is 32.8 Å². The number of hydrogen-bond donors (Lipinski definition) is 5. The van der Waals surface area contributed by atoms with Crippen LogP contribution in [0, 0.1) is 11.3 Å². The van der Waals surface area contributed by atoms with Gasteiger partial charge in [0.25, 0.3) is 0 Å². The fourth-order valence-electron chi connectivity index (χ4n) is 8.32. The Kier molecular flexibility index (Phi) is 13.1. The Morgan fingerprint density at radius 2 is 1.80 bits per heavy atom. The number of phenols is 2. The van der Waals surface area contributed by atoms with Gasteiger partial charge in [-0.2, -0.15) is 0 Å². The summed E-state index contributed by atoms with van der Waals surface area (Å²) in [5.41, 5.74) is 7.50. The number of methoxy groups -OCH3 is 1. The first-order chi connectivity index (χ1) is 24.2. The molecule has 5 rings (SSSR count). The molecule has 3 fully saturated rings. The number of benzene rings is 2. The lowest BCUT2D eigenvalue weighted by atomic mass is 9.76. The van der Waals surface area contributed by atoms with Crippen molar-refractivity contribution in [3.63, 3.8) is 0 Å². The maximum atomic E-state index is 13.7. The minimum atomic E-state index is -0.450. The van der Waals surface area contributed by atoms with Crippen molar-refractivity contribution in [3.05, 3.63) is 53.6 Å². The zero-order chi connectivity index (χ0) is 35.6. The number of aryl methyl sites for hydroxylation is 1.